The van der Waals surface area contributed by atoms with E-state index >= 15 is 8.78 Å². The van der Waals surface area contributed by atoms with Crippen LogP contribution in [0.2, 0.25) is 0 Å². The standard InChI is InChI=1S/C59H73F2N11O5/c1-4-44-47(60)9-5-39-28-43(73)30-45(52(39)44)54-53(61)55-46(31-62-54)56(70-33-40-6-7-41(34-70)63-40)66-58(65-55)77-26-25-67-19-13-36(14-20-67)27-37-15-21-68(22-16-37)32-38-17-23-69(24-18-38)42-8-10-48-50(29-42)71(35(2)3)59(76)72(48)49-11-12-51(74)64-57(49)75/h5,8-10,28-31,35-38,40-41,49,63,73H,4,6-7,11-27,32-34H2,1-3H3,(H,64,74,75). The lowest BCUT2D eigenvalue weighted by molar-refractivity contribution is -0.135. The summed E-state index contributed by atoms with van der Waals surface area (Å²) in [7, 11) is 0. The summed E-state index contributed by atoms with van der Waals surface area (Å²) in [5, 5.41) is 18.5. The summed E-state index contributed by atoms with van der Waals surface area (Å²) in [5.74, 6) is 0.937. The fraction of sp³-hybridized carbons (Fsp3) is 0.559. The third kappa shape index (κ3) is 10.3. The van der Waals surface area contributed by atoms with Crippen LogP contribution in [0.25, 0.3) is 44.0 Å². The molecule has 0 radical (unpaired) electrons. The number of pyridine rings is 1. The number of aromatic nitrogens is 5. The first-order chi connectivity index (χ1) is 37.3. The van der Waals surface area contributed by atoms with Gasteiger partial charge in [-0.15, -0.1) is 0 Å². The van der Waals surface area contributed by atoms with Gasteiger partial charge in [0.05, 0.1) is 16.4 Å². The van der Waals surface area contributed by atoms with Gasteiger partial charge in [0, 0.05) is 81.3 Å². The van der Waals surface area contributed by atoms with Crippen LogP contribution in [-0.2, 0) is 16.0 Å². The van der Waals surface area contributed by atoms with Crippen molar-refractivity contribution in [1.82, 2.24) is 44.5 Å². The normalized spacial score (nSPS) is 22.6. The zero-order chi connectivity index (χ0) is 53.1. The molecule has 0 spiro atoms. The molecule has 6 aliphatic heterocycles. The van der Waals surface area contributed by atoms with Gasteiger partial charge in [0.25, 0.3) is 0 Å². The number of phenolic OH excluding ortho intramolecular Hbond substituents is 1. The first-order valence-corrected chi connectivity index (χ1v) is 28.6. The molecular weight excluding hydrogens is 981 g/mol. The topological polar surface area (TPSA) is 166 Å². The molecule has 6 fully saturated rings. The van der Waals surface area contributed by atoms with Crippen LogP contribution in [0.5, 0.6) is 11.8 Å². The third-order valence-corrected chi connectivity index (χ3v) is 18.1. The minimum Gasteiger partial charge on any atom is -0.508 e. The molecule has 6 aromatic rings. The maximum Gasteiger partial charge on any atom is 0.330 e. The lowest BCUT2D eigenvalue weighted by Crippen LogP contribution is -2.51. The van der Waals surface area contributed by atoms with Crippen LogP contribution < -0.4 is 30.9 Å². The number of nitrogens with one attached hydrogen (secondary N) is 2. The first-order valence-electron chi connectivity index (χ1n) is 28.6. The van der Waals surface area contributed by atoms with Gasteiger partial charge in [0.2, 0.25) is 11.8 Å². The van der Waals surface area contributed by atoms with Gasteiger partial charge in [-0.3, -0.25) is 33.9 Å². The van der Waals surface area contributed by atoms with Gasteiger partial charge < -0.3 is 29.9 Å². The molecule has 16 nitrogen and oxygen atoms in total. The Kier molecular flexibility index (Phi) is 14.4. The van der Waals surface area contributed by atoms with Crippen molar-refractivity contribution in [2.45, 2.75) is 122 Å². The second kappa shape index (κ2) is 21.5. The minimum atomic E-state index is -0.696. The number of likely N-dealkylation sites (tertiary alicyclic amines) is 2. The van der Waals surface area contributed by atoms with Gasteiger partial charge in [0.1, 0.15) is 41.2 Å². The van der Waals surface area contributed by atoms with Crippen molar-refractivity contribution in [3.63, 3.8) is 0 Å². The van der Waals surface area contributed by atoms with Gasteiger partial charge in [0.15, 0.2) is 5.82 Å². The number of aryl methyl sites for hydroxylation is 1. The van der Waals surface area contributed by atoms with Crippen LogP contribution in [0, 0.1) is 29.4 Å². The molecule has 18 heteroatoms. The van der Waals surface area contributed by atoms with E-state index in [0.29, 0.717) is 70.6 Å². The predicted octanol–water partition coefficient (Wildman–Crippen LogP) is 8.12. The SMILES string of the molecule is CCc1c(F)ccc2cc(O)cc(-c3ncc4c(N5CC6CCC(C5)N6)nc(OCCN5CCC(CC6CCN(CC7CCN(c8ccc9c(c8)n(C(C)C)c(=O)n9C8CCC(=O)NC8=O)CC7)CC6)CC5)nc4c3F)c12. The number of halogens is 2. The number of nitrogens with zero attached hydrogens (tertiary/aromatic N) is 9. The molecule has 9 heterocycles. The van der Waals surface area contributed by atoms with E-state index in [1.807, 2.05) is 26.8 Å². The molecule has 2 amide bonds. The summed E-state index contributed by atoms with van der Waals surface area (Å²) >= 11 is 0. The highest BCUT2D eigenvalue weighted by Gasteiger charge is 2.36. The molecule has 0 aliphatic carbocycles. The Bertz CT molecular complexity index is 3250. The zero-order valence-electron chi connectivity index (χ0n) is 44.8. The average Bonchev–Trinajstić information content (AvgIpc) is 3.94. The van der Waals surface area contributed by atoms with Gasteiger partial charge in [-0.1, -0.05) is 13.0 Å². The molecule has 2 bridgehead atoms. The summed E-state index contributed by atoms with van der Waals surface area (Å²) in [6, 6.07) is 12.2. The molecule has 3 N–H and O–H groups in total. The van der Waals surface area contributed by atoms with Crippen LogP contribution >= 0.6 is 0 Å². The number of carbonyl (C=O) groups is 2. The average molecular weight is 1050 g/mol. The lowest BCUT2D eigenvalue weighted by Gasteiger charge is -2.39. The van der Waals surface area contributed by atoms with E-state index in [1.165, 1.54) is 44.2 Å². The number of phenols is 1. The van der Waals surface area contributed by atoms with Gasteiger partial charge in [-0.05, 0) is 181 Å². The van der Waals surface area contributed by atoms with Crippen LogP contribution in [0.15, 0.2) is 53.5 Å². The number of hydrogen-bond acceptors (Lipinski definition) is 13. The highest BCUT2D eigenvalue weighted by molar-refractivity contribution is 6.02. The molecule has 12 rings (SSSR count). The summed E-state index contributed by atoms with van der Waals surface area (Å²) in [6.07, 6.45) is 13.1. The molecule has 3 aromatic carbocycles. The number of piperazine rings is 1. The van der Waals surface area contributed by atoms with Crippen LogP contribution in [0.1, 0.15) is 109 Å². The molecule has 3 atom stereocenters. The van der Waals surface area contributed by atoms with E-state index in [9.17, 15) is 19.5 Å². The van der Waals surface area contributed by atoms with Gasteiger partial charge >= 0.3 is 11.7 Å². The second-order valence-corrected chi connectivity index (χ2v) is 23.3. The molecule has 6 aliphatic rings. The molecule has 3 unspecified atom stereocenters. The number of imidazole rings is 1. The van der Waals surface area contributed by atoms with Crippen LogP contribution in [-0.4, -0.2) is 135 Å². The van der Waals surface area contributed by atoms with Gasteiger partial charge in [-0.25, -0.2) is 13.6 Å². The number of amides is 2. The Morgan fingerprint density at radius 2 is 1.51 bits per heavy atom. The first kappa shape index (κ1) is 51.5. The lowest BCUT2D eigenvalue weighted by atomic mass is 9.82. The number of piperidine rings is 4. The minimum absolute atomic E-state index is 0.00587. The Hall–Kier alpha value is -6.24. The largest absolute Gasteiger partial charge is 0.508 e. The maximum atomic E-state index is 17.1. The summed E-state index contributed by atoms with van der Waals surface area (Å²) < 4.78 is 42.0. The van der Waals surface area contributed by atoms with Crippen molar-refractivity contribution >= 4 is 56.0 Å². The van der Waals surface area contributed by atoms with Gasteiger partial charge in [-0.2, -0.15) is 9.97 Å². The highest BCUT2D eigenvalue weighted by Crippen LogP contribution is 2.40. The molecule has 3 aromatic heterocycles. The quantitative estimate of drug-likeness (QED) is 0.0897. The molecular formula is C59H73F2N11O5. The van der Waals surface area contributed by atoms with E-state index in [-0.39, 0.29) is 52.8 Å². The monoisotopic (exact) mass is 1050 g/mol. The Morgan fingerprint density at radius 1 is 0.792 bits per heavy atom. The molecule has 77 heavy (non-hydrogen) atoms. The zero-order valence-corrected chi connectivity index (χ0v) is 44.8. The molecule has 0 saturated carbocycles. The number of carbonyl (C=O) groups excluding carboxylic acids is 2. The highest BCUT2D eigenvalue weighted by atomic mass is 19.1. The number of anilines is 2. The van der Waals surface area contributed by atoms with E-state index in [2.05, 4.69) is 47.3 Å². The van der Waals surface area contributed by atoms with Crippen molar-refractivity contribution in [2.75, 3.05) is 81.9 Å². The van der Waals surface area contributed by atoms with E-state index in [0.717, 1.165) is 120 Å². The molecule has 408 valence electrons. The smallest absolute Gasteiger partial charge is 0.330 e. The Labute approximate surface area is 448 Å². The number of fused-ring (bicyclic) bond motifs is 5. The van der Waals surface area contributed by atoms with Crippen molar-refractivity contribution in [2.24, 2.45) is 17.8 Å². The van der Waals surface area contributed by atoms with E-state index < -0.39 is 17.8 Å². The van der Waals surface area contributed by atoms with Crippen molar-refractivity contribution in [1.29, 1.82) is 0 Å². The fourth-order valence-corrected chi connectivity index (χ4v) is 14.0. The number of benzene rings is 3. The fourth-order valence-electron chi connectivity index (χ4n) is 14.0. The summed E-state index contributed by atoms with van der Waals surface area (Å²) in [4.78, 5) is 62.5. The number of ether oxygens (including phenoxy) is 1. The van der Waals surface area contributed by atoms with Crippen molar-refractivity contribution in [3.8, 4) is 23.0 Å². The van der Waals surface area contributed by atoms with E-state index in [4.69, 9.17) is 14.7 Å². The second-order valence-electron chi connectivity index (χ2n) is 23.3. The number of imide groups is 1. The predicted molar refractivity (Wildman–Crippen MR) is 295 cm³/mol. The summed E-state index contributed by atoms with van der Waals surface area (Å²) in [5.41, 5.74) is 3.29. The maximum absolute atomic E-state index is 17.1. The Balaban J connectivity index is 0.627. The third-order valence-electron chi connectivity index (χ3n) is 18.1. The summed E-state index contributed by atoms with van der Waals surface area (Å²) in [6.45, 7) is 15.8. The van der Waals surface area contributed by atoms with E-state index in [1.54, 1.807) is 27.5 Å². The van der Waals surface area contributed by atoms with Crippen molar-refractivity contribution < 1.29 is 28.2 Å². The Morgan fingerprint density at radius 3 is 2.21 bits per heavy atom. The van der Waals surface area contributed by atoms with Crippen molar-refractivity contribution in [3.05, 3.63) is 76.3 Å². The van der Waals surface area contributed by atoms with Crippen LogP contribution in [0.4, 0.5) is 20.3 Å². The number of aromatic hydroxyl groups is 1. The van der Waals surface area contributed by atoms with Crippen LogP contribution in [0.3, 0.4) is 0 Å². The number of hydrogen-bond donors (Lipinski definition) is 3. The number of rotatable bonds is 14. The molecule has 6 saturated heterocycles.